The third-order valence-corrected chi connectivity index (χ3v) is 4.95. The zero-order chi connectivity index (χ0) is 20.2. The van der Waals surface area contributed by atoms with Crippen molar-refractivity contribution < 1.29 is 18.8 Å². The van der Waals surface area contributed by atoms with E-state index in [2.05, 4.69) is 10.1 Å². The second-order valence-electron chi connectivity index (χ2n) is 6.86. The molecule has 2 aromatic carbocycles. The van der Waals surface area contributed by atoms with Crippen LogP contribution in [0.3, 0.4) is 0 Å². The van der Waals surface area contributed by atoms with Gasteiger partial charge in [-0.25, -0.2) is 0 Å². The van der Waals surface area contributed by atoms with Crippen molar-refractivity contribution in [2.24, 2.45) is 0 Å². The fourth-order valence-electron chi connectivity index (χ4n) is 3.40. The van der Waals surface area contributed by atoms with Gasteiger partial charge in [-0.3, -0.25) is 14.5 Å². The van der Waals surface area contributed by atoms with Gasteiger partial charge in [-0.2, -0.15) is 4.98 Å². The second-order valence-corrected chi connectivity index (χ2v) is 6.86. The number of aromatic nitrogens is 2. The monoisotopic (exact) mass is 391 g/mol. The zero-order valence-electron chi connectivity index (χ0n) is 16.1. The molecule has 0 unspecified atom stereocenters. The van der Waals surface area contributed by atoms with Crippen molar-refractivity contribution in [1.82, 2.24) is 15.0 Å². The Kier molecular flexibility index (Phi) is 5.37. The van der Waals surface area contributed by atoms with E-state index in [1.165, 1.54) is 4.90 Å². The number of ether oxygens (including phenoxy) is 1. The van der Waals surface area contributed by atoms with E-state index in [1.807, 2.05) is 24.3 Å². The van der Waals surface area contributed by atoms with Crippen molar-refractivity contribution in [2.75, 3.05) is 13.7 Å². The van der Waals surface area contributed by atoms with Gasteiger partial charge in [-0.1, -0.05) is 35.8 Å². The van der Waals surface area contributed by atoms with Crippen molar-refractivity contribution in [2.45, 2.75) is 25.7 Å². The molecule has 0 atom stereocenters. The minimum atomic E-state index is -0.203. The van der Waals surface area contributed by atoms with Crippen LogP contribution in [-0.4, -0.2) is 40.5 Å². The van der Waals surface area contributed by atoms with Gasteiger partial charge in [0.2, 0.25) is 11.7 Å². The number of benzene rings is 2. The van der Waals surface area contributed by atoms with E-state index >= 15 is 0 Å². The van der Waals surface area contributed by atoms with Crippen LogP contribution in [-0.2, 0) is 6.42 Å². The molecule has 1 aromatic heterocycles. The number of amides is 2. The molecule has 0 N–H and O–H groups in total. The summed E-state index contributed by atoms with van der Waals surface area (Å²) in [6, 6.07) is 14.4. The molecule has 0 radical (unpaired) electrons. The summed E-state index contributed by atoms with van der Waals surface area (Å²) in [4.78, 5) is 30.4. The number of carbonyl (C=O) groups excluding carboxylic acids is 2. The first-order chi connectivity index (χ1) is 14.2. The van der Waals surface area contributed by atoms with Gasteiger partial charge in [-0.15, -0.1) is 0 Å². The van der Waals surface area contributed by atoms with Crippen molar-refractivity contribution >= 4 is 11.8 Å². The number of imide groups is 1. The molecule has 7 nitrogen and oxygen atoms in total. The van der Waals surface area contributed by atoms with Gasteiger partial charge in [0.25, 0.3) is 11.8 Å². The van der Waals surface area contributed by atoms with Gasteiger partial charge in [0.15, 0.2) is 0 Å². The molecule has 0 spiro atoms. The van der Waals surface area contributed by atoms with E-state index in [4.69, 9.17) is 9.26 Å². The Labute approximate surface area is 168 Å². The van der Waals surface area contributed by atoms with Crippen molar-refractivity contribution in [1.29, 1.82) is 0 Å². The number of carbonyl (C=O) groups is 2. The van der Waals surface area contributed by atoms with Crippen molar-refractivity contribution in [3.63, 3.8) is 0 Å². The molecule has 0 saturated heterocycles. The number of aryl methyl sites for hydroxylation is 1. The van der Waals surface area contributed by atoms with Gasteiger partial charge in [0.05, 0.1) is 18.2 Å². The maximum atomic E-state index is 12.3. The minimum Gasteiger partial charge on any atom is -0.497 e. The number of hydrogen-bond acceptors (Lipinski definition) is 6. The molecule has 1 aliphatic rings. The Morgan fingerprint density at radius 3 is 2.45 bits per heavy atom. The highest BCUT2D eigenvalue weighted by molar-refractivity contribution is 6.21. The maximum absolute atomic E-state index is 12.3. The number of hydrogen-bond donors (Lipinski definition) is 0. The van der Waals surface area contributed by atoms with Gasteiger partial charge >= 0.3 is 0 Å². The molecule has 0 bridgehead atoms. The lowest BCUT2D eigenvalue weighted by atomic mass is 10.1. The van der Waals surface area contributed by atoms with Crippen LogP contribution in [0, 0.1) is 0 Å². The molecular formula is C22H21N3O4. The molecule has 7 heteroatoms. The number of rotatable bonds is 8. The molecule has 148 valence electrons. The Morgan fingerprint density at radius 2 is 1.72 bits per heavy atom. The number of nitrogens with zero attached hydrogens (tertiary/aromatic N) is 3. The molecular weight excluding hydrogens is 370 g/mol. The van der Waals surface area contributed by atoms with Gasteiger partial charge in [0.1, 0.15) is 5.75 Å². The van der Waals surface area contributed by atoms with E-state index < -0.39 is 0 Å². The fourth-order valence-corrected chi connectivity index (χ4v) is 3.40. The molecule has 0 fully saturated rings. The van der Waals surface area contributed by atoms with E-state index in [0.717, 1.165) is 30.6 Å². The fraction of sp³-hybridized carbons (Fsp3) is 0.273. The van der Waals surface area contributed by atoms with Crippen LogP contribution >= 0.6 is 0 Å². The van der Waals surface area contributed by atoms with E-state index in [9.17, 15) is 9.59 Å². The zero-order valence-corrected chi connectivity index (χ0v) is 16.1. The van der Waals surface area contributed by atoms with Gasteiger partial charge < -0.3 is 9.26 Å². The highest BCUT2D eigenvalue weighted by Gasteiger charge is 2.34. The first-order valence-electron chi connectivity index (χ1n) is 9.59. The van der Waals surface area contributed by atoms with Crippen LogP contribution in [0.5, 0.6) is 5.75 Å². The van der Waals surface area contributed by atoms with Crippen LogP contribution in [0.2, 0.25) is 0 Å². The Balaban J connectivity index is 1.25. The topological polar surface area (TPSA) is 85.5 Å². The first kappa shape index (κ1) is 18.9. The SMILES string of the molecule is COc1cccc(-c2noc(CCCCCN3C(=O)c4ccccc4C3=O)n2)c1. The van der Waals surface area contributed by atoms with Crippen LogP contribution in [0.15, 0.2) is 53.1 Å². The van der Waals surface area contributed by atoms with E-state index in [1.54, 1.807) is 31.4 Å². The normalized spacial score (nSPS) is 13.1. The van der Waals surface area contributed by atoms with E-state index in [-0.39, 0.29) is 11.8 Å². The number of unbranched alkanes of at least 4 members (excludes halogenated alkanes) is 2. The lowest BCUT2D eigenvalue weighted by Crippen LogP contribution is -2.30. The average molecular weight is 391 g/mol. The predicted molar refractivity (Wildman–Crippen MR) is 106 cm³/mol. The summed E-state index contributed by atoms with van der Waals surface area (Å²) in [6.07, 6.45) is 3.08. The lowest BCUT2D eigenvalue weighted by Gasteiger charge is -2.13. The summed E-state index contributed by atoms with van der Waals surface area (Å²) in [5, 5.41) is 4.03. The molecule has 1 aliphatic heterocycles. The minimum absolute atomic E-state index is 0.203. The number of fused-ring (bicyclic) bond motifs is 1. The van der Waals surface area contributed by atoms with Crippen LogP contribution < -0.4 is 4.74 Å². The quantitative estimate of drug-likeness (QED) is 0.429. The molecule has 0 aliphatic carbocycles. The summed E-state index contributed by atoms with van der Waals surface area (Å²) in [6.45, 7) is 0.422. The molecule has 0 saturated carbocycles. The van der Waals surface area contributed by atoms with Crippen LogP contribution in [0.1, 0.15) is 45.9 Å². The van der Waals surface area contributed by atoms with Crippen LogP contribution in [0.4, 0.5) is 0 Å². The third kappa shape index (κ3) is 3.89. The Bertz CT molecular complexity index is 1010. The molecule has 2 heterocycles. The molecule has 3 aromatic rings. The van der Waals surface area contributed by atoms with Crippen molar-refractivity contribution in [3.8, 4) is 17.1 Å². The number of methoxy groups -OCH3 is 1. The predicted octanol–water partition coefficient (Wildman–Crippen LogP) is 3.75. The van der Waals surface area contributed by atoms with Gasteiger partial charge in [-0.05, 0) is 37.1 Å². The van der Waals surface area contributed by atoms with Gasteiger partial charge in [0, 0.05) is 18.5 Å². The second kappa shape index (κ2) is 8.26. The third-order valence-electron chi connectivity index (χ3n) is 4.95. The summed E-state index contributed by atoms with van der Waals surface area (Å²) in [5.74, 6) is 1.44. The summed E-state index contributed by atoms with van der Waals surface area (Å²) in [5.41, 5.74) is 1.83. The molecule has 4 rings (SSSR count). The highest BCUT2D eigenvalue weighted by Crippen LogP contribution is 2.23. The Morgan fingerprint density at radius 1 is 0.966 bits per heavy atom. The standard InChI is InChI=1S/C22H21N3O4/c1-28-16-9-7-8-15(14-16)20-23-19(29-24-20)12-3-2-6-13-25-21(26)17-10-4-5-11-18(17)22(25)27/h4-5,7-11,14H,2-3,6,12-13H2,1H3. The molecule has 29 heavy (non-hydrogen) atoms. The first-order valence-corrected chi connectivity index (χ1v) is 9.59. The van der Waals surface area contributed by atoms with E-state index in [0.29, 0.717) is 35.8 Å². The summed E-state index contributed by atoms with van der Waals surface area (Å²) >= 11 is 0. The Hall–Kier alpha value is -3.48. The van der Waals surface area contributed by atoms with Crippen molar-refractivity contribution in [3.05, 3.63) is 65.5 Å². The average Bonchev–Trinajstić information content (AvgIpc) is 3.32. The highest BCUT2D eigenvalue weighted by atomic mass is 16.5. The summed E-state index contributed by atoms with van der Waals surface area (Å²) in [7, 11) is 1.61. The smallest absolute Gasteiger partial charge is 0.261 e. The lowest BCUT2D eigenvalue weighted by molar-refractivity contribution is 0.0651. The maximum Gasteiger partial charge on any atom is 0.261 e. The van der Waals surface area contributed by atoms with Crippen LogP contribution in [0.25, 0.3) is 11.4 Å². The molecule has 2 amide bonds. The largest absolute Gasteiger partial charge is 0.497 e. The summed E-state index contributed by atoms with van der Waals surface area (Å²) < 4.78 is 10.5.